The summed E-state index contributed by atoms with van der Waals surface area (Å²) in [6, 6.07) is 12.2. The maximum Gasteiger partial charge on any atom is 0.269 e. The van der Waals surface area contributed by atoms with Gasteiger partial charge in [0.15, 0.2) is 0 Å². The van der Waals surface area contributed by atoms with E-state index in [-0.39, 0.29) is 11.8 Å². The fraction of sp³-hybridized carbons (Fsp3) is 0.294. The lowest BCUT2D eigenvalue weighted by atomic mass is 10.1. The molecule has 1 saturated heterocycles. The van der Waals surface area contributed by atoms with Crippen LogP contribution >= 0.6 is 23.2 Å². The van der Waals surface area contributed by atoms with Crippen molar-refractivity contribution in [2.45, 2.75) is 12.6 Å². The van der Waals surface area contributed by atoms with Gasteiger partial charge in [0, 0.05) is 31.8 Å². The molecule has 2 aromatic rings. The van der Waals surface area contributed by atoms with Crippen molar-refractivity contribution in [2.75, 3.05) is 19.7 Å². The molecular formula is C17H16Cl2N2O3. The minimum Gasteiger partial charge on any atom is -0.371 e. The van der Waals surface area contributed by atoms with E-state index in [1.165, 1.54) is 12.1 Å². The van der Waals surface area contributed by atoms with Crippen molar-refractivity contribution in [2.24, 2.45) is 0 Å². The highest BCUT2D eigenvalue weighted by Crippen LogP contribution is 2.29. The number of nitrogens with zero attached hydrogens (tertiary/aromatic N) is 2. The molecule has 1 heterocycles. The Morgan fingerprint density at radius 1 is 1.17 bits per heavy atom. The third kappa shape index (κ3) is 4.05. The summed E-state index contributed by atoms with van der Waals surface area (Å²) in [6.45, 7) is 2.89. The fourth-order valence-corrected chi connectivity index (χ4v) is 3.05. The summed E-state index contributed by atoms with van der Waals surface area (Å²) in [5.74, 6) is 0. The maximum atomic E-state index is 10.7. The second-order valence-corrected chi connectivity index (χ2v) is 6.51. The van der Waals surface area contributed by atoms with Gasteiger partial charge in [-0.05, 0) is 23.3 Å². The number of nitro benzene ring substituents is 1. The normalized spacial score (nSPS) is 18.5. The molecule has 5 nitrogen and oxygen atoms in total. The molecule has 7 heteroatoms. The molecule has 1 unspecified atom stereocenters. The molecule has 0 N–H and O–H groups in total. The van der Waals surface area contributed by atoms with Gasteiger partial charge in [0.2, 0.25) is 0 Å². The Balaban J connectivity index is 1.66. The van der Waals surface area contributed by atoms with Crippen LogP contribution in [0.3, 0.4) is 0 Å². The molecule has 24 heavy (non-hydrogen) atoms. The van der Waals surface area contributed by atoms with Crippen molar-refractivity contribution in [3.05, 3.63) is 73.8 Å². The average Bonchev–Trinajstić information content (AvgIpc) is 2.58. The molecule has 2 aromatic carbocycles. The molecule has 1 aliphatic rings. The van der Waals surface area contributed by atoms with Crippen LogP contribution < -0.4 is 0 Å². The Labute approximate surface area is 149 Å². The van der Waals surface area contributed by atoms with Crippen LogP contribution in [0.25, 0.3) is 0 Å². The van der Waals surface area contributed by atoms with Crippen molar-refractivity contribution in [3.8, 4) is 0 Å². The fourth-order valence-electron chi connectivity index (χ4n) is 2.74. The quantitative estimate of drug-likeness (QED) is 0.591. The molecule has 0 aliphatic carbocycles. The zero-order valence-corrected chi connectivity index (χ0v) is 14.3. The summed E-state index contributed by atoms with van der Waals surface area (Å²) >= 11 is 12.0. The first-order valence-corrected chi connectivity index (χ1v) is 8.31. The number of ether oxygens (including phenoxy) is 1. The Bertz CT molecular complexity index is 737. The van der Waals surface area contributed by atoms with Gasteiger partial charge in [-0.3, -0.25) is 15.0 Å². The lowest BCUT2D eigenvalue weighted by molar-refractivity contribution is -0.384. The van der Waals surface area contributed by atoms with Gasteiger partial charge in [-0.2, -0.15) is 0 Å². The van der Waals surface area contributed by atoms with Crippen LogP contribution in [-0.2, 0) is 11.3 Å². The van der Waals surface area contributed by atoms with Crippen LogP contribution in [0.15, 0.2) is 42.5 Å². The smallest absolute Gasteiger partial charge is 0.269 e. The zero-order chi connectivity index (χ0) is 17.1. The second kappa shape index (κ2) is 7.49. The first-order valence-electron chi connectivity index (χ1n) is 7.55. The number of benzene rings is 2. The molecule has 0 spiro atoms. The van der Waals surface area contributed by atoms with Gasteiger partial charge < -0.3 is 4.74 Å². The van der Waals surface area contributed by atoms with Crippen molar-refractivity contribution in [1.29, 1.82) is 0 Å². The number of morpholine rings is 1. The molecule has 1 atom stereocenters. The van der Waals surface area contributed by atoms with E-state index in [9.17, 15) is 10.1 Å². The second-order valence-electron chi connectivity index (χ2n) is 5.69. The molecule has 3 rings (SSSR count). The highest BCUT2D eigenvalue weighted by Gasteiger charge is 2.22. The van der Waals surface area contributed by atoms with E-state index in [1.54, 1.807) is 18.2 Å². The molecule has 1 fully saturated rings. The molecule has 126 valence electrons. The minimum absolute atomic E-state index is 0.0634. The van der Waals surface area contributed by atoms with Gasteiger partial charge in [-0.25, -0.2) is 0 Å². The van der Waals surface area contributed by atoms with Crippen LogP contribution in [0.1, 0.15) is 17.2 Å². The number of hydrogen-bond donors (Lipinski definition) is 0. The van der Waals surface area contributed by atoms with E-state index in [2.05, 4.69) is 4.90 Å². The minimum atomic E-state index is -0.390. The molecule has 0 saturated carbocycles. The van der Waals surface area contributed by atoms with Crippen LogP contribution in [0.5, 0.6) is 0 Å². The summed E-state index contributed by atoms with van der Waals surface area (Å²) in [5.41, 5.74) is 2.14. The average molecular weight is 367 g/mol. The highest BCUT2D eigenvalue weighted by atomic mass is 35.5. The summed E-state index contributed by atoms with van der Waals surface area (Å²) in [7, 11) is 0. The van der Waals surface area contributed by atoms with Gasteiger partial charge in [-0.1, -0.05) is 41.4 Å². The van der Waals surface area contributed by atoms with E-state index < -0.39 is 4.92 Å². The van der Waals surface area contributed by atoms with Crippen molar-refractivity contribution >= 4 is 28.9 Å². The predicted molar refractivity (Wildman–Crippen MR) is 93.5 cm³/mol. The SMILES string of the molecule is O=[N+]([O-])c1ccc(CN2CCOC(c3ccc(Cl)c(Cl)c3)C2)cc1. The molecule has 0 amide bonds. The Morgan fingerprint density at radius 3 is 2.58 bits per heavy atom. The van der Waals surface area contributed by atoms with Crippen molar-refractivity contribution < 1.29 is 9.66 Å². The largest absolute Gasteiger partial charge is 0.371 e. The lowest BCUT2D eigenvalue weighted by Gasteiger charge is -2.33. The zero-order valence-electron chi connectivity index (χ0n) is 12.8. The number of rotatable bonds is 4. The first-order chi connectivity index (χ1) is 11.5. The summed E-state index contributed by atoms with van der Waals surface area (Å²) in [5, 5.41) is 11.8. The first kappa shape index (κ1) is 17.2. The molecule has 0 bridgehead atoms. The Hall–Kier alpha value is -1.66. The number of hydrogen-bond acceptors (Lipinski definition) is 4. The van der Waals surface area contributed by atoms with E-state index in [0.29, 0.717) is 16.7 Å². The molecule has 0 radical (unpaired) electrons. The Kier molecular flexibility index (Phi) is 5.36. The van der Waals surface area contributed by atoms with E-state index in [4.69, 9.17) is 27.9 Å². The van der Waals surface area contributed by atoms with Gasteiger partial charge >= 0.3 is 0 Å². The van der Waals surface area contributed by atoms with Gasteiger partial charge in [0.05, 0.1) is 27.7 Å². The Morgan fingerprint density at radius 2 is 1.92 bits per heavy atom. The maximum absolute atomic E-state index is 10.7. The van der Waals surface area contributed by atoms with Gasteiger partial charge in [0.25, 0.3) is 5.69 Å². The van der Waals surface area contributed by atoms with Crippen LogP contribution in [0.4, 0.5) is 5.69 Å². The van der Waals surface area contributed by atoms with E-state index >= 15 is 0 Å². The third-order valence-corrected chi connectivity index (χ3v) is 4.76. The van der Waals surface area contributed by atoms with Crippen LogP contribution in [-0.4, -0.2) is 29.5 Å². The third-order valence-electron chi connectivity index (χ3n) is 4.02. The highest BCUT2D eigenvalue weighted by molar-refractivity contribution is 6.42. The monoisotopic (exact) mass is 366 g/mol. The predicted octanol–water partition coefficient (Wildman–Crippen LogP) is 4.48. The van der Waals surface area contributed by atoms with Gasteiger partial charge in [-0.15, -0.1) is 0 Å². The molecular weight excluding hydrogens is 351 g/mol. The number of halogens is 2. The topological polar surface area (TPSA) is 55.6 Å². The molecule has 1 aliphatic heterocycles. The summed E-state index contributed by atoms with van der Waals surface area (Å²) in [4.78, 5) is 12.6. The lowest BCUT2D eigenvalue weighted by Crippen LogP contribution is -2.37. The molecule has 0 aromatic heterocycles. The standard InChI is InChI=1S/C17H16Cl2N2O3/c18-15-6-3-13(9-16(15)19)17-11-20(7-8-24-17)10-12-1-4-14(5-2-12)21(22)23/h1-6,9,17H,7-8,10-11H2. The number of nitro groups is 1. The summed E-state index contributed by atoms with van der Waals surface area (Å²) in [6.07, 6.45) is -0.0634. The summed E-state index contributed by atoms with van der Waals surface area (Å²) < 4.78 is 5.84. The van der Waals surface area contributed by atoms with Crippen LogP contribution in [0.2, 0.25) is 10.0 Å². The van der Waals surface area contributed by atoms with Crippen molar-refractivity contribution in [1.82, 2.24) is 4.90 Å². The van der Waals surface area contributed by atoms with Gasteiger partial charge in [0.1, 0.15) is 0 Å². The van der Waals surface area contributed by atoms with Crippen LogP contribution in [0, 0.1) is 10.1 Å². The van der Waals surface area contributed by atoms with Crippen molar-refractivity contribution in [3.63, 3.8) is 0 Å². The number of non-ortho nitro benzene ring substituents is 1. The van der Waals surface area contributed by atoms with E-state index in [1.807, 2.05) is 12.1 Å². The van der Waals surface area contributed by atoms with E-state index in [0.717, 1.165) is 30.8 Å².